The van der Waals surface area contributed by atoms with E-state index in [1.165, 1.54) is 33.5 Å². The van der Waals surface area contributed by atoms with Crippen LogP contribution in [0.2, 0.25) is 0 Å². The van der Waals surface area contributed by atoms with E-state index in [9.17, 15) is 14.9 Å². The monoisotopic (exact) mass is 407 g/mol. The number of aromatic hydroxyl groups is 1. The molecule has 0 aliphatic rings. The molecule has 3 N–H and O–H groups in total. The van der Waals surface area contributed by atoms with Gasteiger partial charge < -0.3 is 23.8 Å². The number of methoxy groups -OCH3 is 3. The van der Waals surface area contributed by atoms with Crippen molar-refractivity contribution in [2.75, 3.05) is 21.3 Å². The summed E-state index contributed by atoms with van der Waals surface area (Å²) in [5, 5.41) is 19.8. The quantitative estimate of drug-likeness (QED) is 0.467. The smallest absolute Gasteiger partial charge is 0.504 e. The minimum Gasteiger partial charge on any atom is -0.504 e. The van der Waals surface area contributed by atoms with E-state index in [2.05, 4.69) is 4.52 Å². The van der Waals surface area contributed by atoms with Gasteiger partial charge in [-0.05, 0) is 29.8 Å². The summed E-state index contributed by atoms with van der Waals surface area (Å²) in [6, 6.07) is 9.51. The highest BCUT2D eigenvalue weighted by atomic mass is 31.2. The van der Waals surface area contributed by atoms with Crippen molar-refractivity contribution >= 4 is 13.4 Å². The zero-order valence-electron chi connectivity index (χ0n) is 15.2. The second-order valence-electron chi connectivity index (χ2n) is 5.36. The molecular weight excluding hydrogens is 389 g/mol. The molecule has 2 aromatic carbocycles. The number of phosphoric ester groups is 1. The first-order chi connectivity index (χ1) is 13.2. The summed E-state index contributed by atoms with van der Waals surface area (Å²) in [4.78, 5) is 18.2. The van der Waals surface area contributed by atoms with Gasteiger partial charge in [0.2, 0.25) is 5.75 Å². The first kappa shape index (κ1) is 21.1. The molecular formula is C18H18NO8P. The number of hydrogen-bond acceptors (Lipinski definition) is 7. The predicted molar refractivity (Wildman–Crippen MR) is 99.6 cm³/mol. The first-order valence-electron chi connectivity index (χ1n) is 7.72. The van der Waals surface area contributed by atoms with Crippen molar-refractivity contribution in [2.24, 2.45) is 0 Å². The molecule has 0 aromatic heterocycles. The van der Waals surface area contributed by atoms with Crippen molar-refractivity contribution < 1.29 is 38.2 Å². The SMILES string of the molecule is COc1cc(OC)cc(/C(=C/C#N)c2ccc(OC)c(OP(=O)(O)O)c2O)c1. The second-order valence-corrected chi connectivity index (χ2v) is 6.53. The van der Waals surface area contributed by atoms with Gasteiger partial charge in [0.15, 0.2) is 11.5 Å². The summed E-state index contributed by atoms with van der Waals surface area (Å²) in [6.07, 6.45) is 1.16. The van der Waals surface area contributed by atoms with Gasteiger partial charge in [-0.2, -0.15) is 5.26 Å². The topological polar surface area (TPSA) is 138 Å². The Hall–Kier alpha value is -3.18. The van der Waals surface area contributed by atoms with E-state index in [0.29, 0.717) is 17.1 Å². The van der Waals surface area contributed by atoms with Crippen LogP contribution in [-0.2, 0) is 4.57 Å². The third-order valence-electron chi connectivity index (χ3n) is 3.69. The fraction of sp³-hybridized carbons (Fsp3) is 0.167. The number of rotatable bonds is 7. The molecule has 0 saturated heterocycles. The number of benzene rings is 2. The summed E-state index contributed by atoms with van der Waals surface area (Å²) < 4.78 is 31.3. The molecule has 10 heteroatoms. The number of nitriles is 1. The van der Waals surface area contributed by atoms with Crippen LogP contribution in [0, 0.1) is 11.3 Å². The second kappa shape index (κ2) is 8.67. The molecule has 0 radical (unpaired) electrons. The molecule has 0 aliphatic heterocycles. The highest BCUT2D eigenvalue weighted by Gasteiger charge is 2.25. The summed E-state index contributed by atoms with van der Waals surface area (Å²) in [5.74, 6) is -0.363. The molecule has 28 heavy (non-hydrogen) atoms. The molecule has 0 unspecified atom stereocenters. The number of phenolic OH excluding ortho intramolecular Hbond substituents is 1. The average Bonchev–Trinajstić information content (AvgIpc) is 2.66. The third-order valence-corrected chi connectivity index (χ3v) is 4.11. The van der Waals surface area contributed by atoms with E-state index in [1.807, 2.05) is 6.07 Å². The van der Waals surface area contributed by atoms with Crippen LogP contribution in [0.3, 0.4) is 0 Å². The van der Waals surface area contributed by atoms with E-state index in [-0.39, 0.29) is 16.9 Å². The van der Waals surface area contributed by atoms with Crippen LogP contribution >= 0.6 is 7.82 Å². The van der Waals surface area contributed by atoms with E-state index < -0.39 is 19.3 Å². The van der Waals surface area contributed by atoms with Gasteiger partial charge in [-0.25, -0.2) is 4.57 Å². The zero-order chi connectivity index (χ0) is 20.9. The molecule has 0 fully saturated rings. The summed E-state index contributed by atoms with van der Waals surface area (Å²) in [5.41, 5.74) is 0.789. The fourth-order valence-electron chi connectivity index (χ4n) is 2.48. The van der Waals surface area contributed by atoms with Gasteiger partial charge >= 0.3 is 7.82 Å². The summed E-state index contributed by atoms with van der Waals surface area (Å²) in [6.45, 7) is 0. The lowest BCUT2D eigenvalue weighted by Gasteiger charge is -2.17. The van der Waals surface area contributed by atoms with Crippen LogP contribution in [0.15, 0.2) is 36.4 Å². The lowest BCUT2D eigenvalue weighted by Crippen LogP contribution is -1.98. The standard InChI is InChI=1S/C18H18NO8P/c1-24-12-8-11(9-13(10-12)25-2)14(6-7-19)15-4-5-16(26-3)18(17(15)20)27-28(21,22)23/h4-6,8-10,20H,1-3H3,(H2,21,22,23)/b14-6-. The lowest BCUT2D eigenvalue weighted by atomic mass is 9.96. The van der Waals surface area contributed by atoms with Crippen molar-refractivity contribution in [1.29, 1.82) is 5.26 Å². The van der Waals surface area contributed by atoms with Crippen LogP contribution in [0.5, 0.6) is 28.7 Å². The van der Waals surface area contributed by atoms with E-state index in [4.69, 9.17) is 24.0 Å². The number of ether oxygens (including phenoxy) is 3. The van der Waals surface area contributed by atoms with E-state index >= 15 is 0 Å². The van der Waals surface area contributed by atoms with E-state index in [1.54, 1.807) is 18.2 Å². The van der Waals surface area contributed by atoms with Crippen molar-refractivity contribution in [3.63, 3.8) is 0 Å². The maximum Gasteiger partial charge on any atom is 0.525 e. The molecule has 148 valence electrons. The van der Waals surface area contributed by atoms with Gasteiger partial charge in [-0.3, -0.25) is 9.79 Å². The molecule has 0 heterocycles. The van der Waals surface area contributed by atoms with Crippen LogP contribution in [0.25, 0.3) is 5.57 Å². The Balaban J connectivity index is 2.72. The number of phosphoric acid groups is 1. The molecule has 9 nitrogen and oxygen atoms in total. The first-order valence-corrected chi connectivity index (χ1v) is 9.25. The fourth-order valence-corrected chi connectivity index (χ4v) is 2.90. The van der Waals surface area contributed by atoms with E-state index in [0.717, 1.165) is 6.08 Å². The Kier molecular flexibility index (Phi) is 6.54. The summed E-state index contributed by atoms with van der Waals surface area (Å²) >= 11 is 0. The molecule has 0 aliphatic carbocycles. The highest BCUT2D eigenvalue weighted by Crippen LogP contribution is 2.50. The van der Waals surface area contributed by atoms with Gasteiger partial charge in [-0.15, -0.1) is 0 Å². The maximum atomic E-state index is 11.3. The Labute approximate surface area is 161 Å². The number of hydrogen-bond donors (Lipinski definition) is 3. The Morgan fingerprint density at radius 3 is 2.14 bits per heavy atom. The average molecular weight is 407 g/mol. The van der Waals surface area contributed by atoms with Crippen molar-refractivity contribution in [3.05, 3.63) is 47.5 Å². The predicted octanol–water partition coefficient (Wildman–Crippen LogP) is 2.84. The van der Waals surface area contributed by atoms with Crippen LogP contribution in [0.4, 0.5) is 0 Å². The van der Waals surface area contributed by atoms with Gasteiger partial charge in [0, 0.05) is 23.3 Å². The molecule has 0 atom stereocenters. The van der Waals surface area contributed by atoms with Crippen molar-refractivity contribution in [1.82, 2.24) is 0 Å². The van der Waals surface area contributed by atoms with Gasteiger partial charge in [0.1, 0.15) is 11.5 Å². The Morgan fingerprint density at radius 2 is 1.68 bits per heavy atom. The largest absolute Gasteiger partial charge is 0.525 e. The third kappa shape index (κ3) is 4.75. The molecule has 2 aromatic rings. The minimum absolute atomic E-state index is 0.0844. The maximum absolute atomic E-state index is 11.3. The number of allylic oxidation sites excluding steroid dienone is 1. The summed E-state index contributed by atoms with van der Waals surface area (Å²) in [7, 11) is -0.809. The van der Waals surface area contributed by atoms with Crippen LogP contribution in [0.1, 0.15) is 11.1 Å². The van der Waals surface area contributed by atoms with Gasteiger partial charge in [-0.1, -0.05) is 0 Å². The minimum atomic E-state index is -4.98. The molecule has 0 bridgehead atoms. The highest BCUT2D eigenvalue weighted by molar-refractivity contribution is 7.46. The van der Waals surface area contributed by atoms with Crippen LogP contribution < -0.4 is 18.7 Å². The molecule has 0 spiro atoms. The van der Waals surface area contributed by atoms with Gasteiger partial charge in [0.05, 0.1) is 27.4 Å². The van der Waals surface area contributed by atoms with Crippen molar-refractivity contribution in [2.45, 2.75) is 0 Å². The zero-order valence-corrected chi connectivity index (χ0v) is 16.1. The lowest BCUT2D eigenvalue weighted by molar-refractivity contribution is 0.270. The number of phenols is 1. The molecule has 0 amide bonds. The van der Waals surface area contributed by atoms with Crippen molar-refractivity contribution in [3.8, 4) is 34.8 Å². The number of nitrogens with zero attached hydrogens (tertiary/aromatic N) is 1. The Bertz CT molecular complexity index is 968. The molecule has 0 saturated carbocycles. The van der Waals surface area contributed by atoms with Crippen LogP contribution in [-0.4, -0.2) is 36.2 Å². The molecule has 2 rings (SSSR count). The Morgan fingerprint density at radius 1 is 1.07 bits per heavy atom. The van der Waals surface area contributed by atoms with Gasteiger partial charge in [0.25, 0.3) is 0 Å². The normalized spacial score (nSPS) is 11.5.